The first-order chi connectivity index (χ1) is 10.8. The molecule has 1 unspecified atom stereocenters. The molecule has 22 heavy (non-hydrogen) atoms. The molecule has 4 rings (SSSR count). The van der Waals surface area contributed by atoms with E-state index in [0.29, 0.717) is 0 Å². The summed E-state index contributed by atoms with van der Waals surface area (Å²) in [5.41, 5.74) is 10.3. The average Bonchev–Trinajstić information content (AvgIpc) is 3.00. The third-order valence-corrected chi connectivity index (χ3v) is 4.22. The molecule has 1 aliphatic rings. The van der Waals surface area contributed by atoms with Crippen molar-refractivity contribution in [3.8, 4) is 11.1 Å². The lowest BCUT2D eigenvalue weighted by Gasteiger charge is -2.33. The number of fused-ring (bicyclic) bond motifs is 1. The number of anilines is 1. The molecule has 1 saturated heterocycles. The van der Waals surface area contributed by atoms with E-state index in [-0.39, 0.29) is 6.04 Å². The second-order valence-corrected chi connectivity index (χ2v) is 5.73. The van der Waals surface area contributed by atoms with E-state index in [1.807, 2.05) is 24.8 Å². The molecule has 6 nitrogen and oxygen atoms in total. The van der Waals surface area contributed by atoms with Crippen molar-refractivity contribution in [1.82, 2.24) is 19.9 Å². The number of nitrogens with zero attached hydrogens (tertiary/aromatic N) is 4. The SMILES string of the molecule is NC1CCCN(c2ccnc3[nH]cc(-c4cncnc4)c23)C1. The van der Waals surface area contributed by atoms with Gasteiger partial charge in [0, 0.05) is 60.7 Å². The Morgan fingerprint density at radius 2 is 2.14 bits per heavy atom. The molecular weight excluding hydrogens is 276 g/mol. The van der Waals surface area contributed by atoms with Crippen molar-refractivity contribution in [3.05, 3.63) is 37.2 Å². The first-order valence-electron chi connectivity index (χ1n) is 7.55. The Bertz CT molecular complexity index is 782. The largest absolute Gasteiger partial charge is 0.369 e. The van der Waals surface area contributed by atoms with Gasteiger partial charge in [-0.3, -0.25) is 0 Å². The van der Waals surface area contributed by atoms with Crippen LogP contribution in [0.1, 0.15) is 12.8 Å². The minimum Gasteiger partial charge on any atom is -0.369 e. The van der Waals surface area contributed by atoms with E-state index in [2.05, 4.69) is 30.9 Å². The van der Waals surface area contributed by atoms with Crippen LogP contribution in [0.3, 0.4) is 0 Å². The Labute approximate surface area is 128 Å². The van der Waals surface area contributed by atoms with Crippen molar-refractivity contribution in [2.75, 3.05) is 18.0 Å². The summed E-state index contributed by atoms with van der Waals surface area (Å²) < 4.78 is 0. The van der Waals surface area contributed by atoms with Gasteiger partial charge in [0.15, 0.2) is 0 Å². The van der Waals surface area contributed by atoms with E-state index in [1.165, 1.54) is 5.69 Å². The van der Waals surface area contributed by atoms with Gasteiger partial charge in [-0.1, -0.05) is 0 Å². The Hall–Kier alpha value is -2.47. The van der Waals surface area contributed by atoms with Gasteiger partial charge in [-0.2, -0.15) is 0 Å². The van der Waals surface area contributed by atoms with Crippen molar-refractivity contribution >= 4 is 16.7 Å². The van der Waals surface area contributed by atoms with Crippen LogP contribution >= 0.6 is 0 Å². The summed E-state index contributed by atoms with van der Waals surface area (Å²) in [7, 11) is 0. The topological polar surface area (TPSA) is 83.7 Å². The van der Waals surface area contributed by atoms with E-state index >= 15 is 0 Å². The molecule has 1 atom stereocenters. The van der Waals surface area contributed by atoms with Crippen LogP contribution in [0.5, 0.6) is 0 Å². The highest BCUT2D eigenvalue weighted by Crippen LogP contribution is 2.35. The third kappa shape index (κ3) is 2.21. The Morgan fingerprint density at radius 1 is 1.27 bits per heavy atom. The van der Waals surface area contributed by atoms with Crippen LogP contribution in [0.15, 0.2) is 37.2 Å². The lowest BCUT2D eigenvalue weighted by molar-refractivity contribution is 0.507. The number of aromatic amines is 1. The van der Waals surface area contributed by atoms with Crippen LogP contribution in [-0.2, 0) is 0 Å². The van der Waals surface area contributed by atoms with Crippen molar-refractivity contribution in [1.29, 1.82) is 0 Å². The number of nitrogens with one attached hydrogen (secondary N) is 1. The molecule has 0 bridgehead atoms. The van der Waals surface area contributed by atoms with Gasteiger partial charge in [0.05, 0.1) is 5.39 Å². The summed E-state index contributed by atoms with van der Waals surface area (Å²) in [5.74, 6) is 0. The molecule has 0 aliphatic carbocycles. The number of hydrogen-bond donors (Lipinski definition) is 2. The van der Waals surface area contributed by atoms with Crippen LogP contribution in [0.4, 0.5) is 5.69 Å². The minimum absolute atomic E-state index is 0.236. The summed E-state index contributed by atoms with van der Waals surface area (Å²) in [6.07, 6.45) is 11.2. The Balaban J connectivity index is 1.86. The van der Waals surface area contributed by atoms with E-state index < -0.39 is 0 Å². The fourth-order valence-corrected chi connectivity index (χ4v) is 3.20. The van der Waals surface area contributed by atoms with Gasteiger partial charge in [0.25, 0.3) is 0 Å². The van der Waals surface area contributed by atoms with Crippen molar-refractivity contribution in [3.63, 3.8) is 0 Å². The molecule has 1 aliphatic heterocycles. The number of hydrogen-bond acceptors (Lipinski definition) is 5. The number of nitrogens with two attached hydrogens (primary N) is 1. The summed E-state index contributed by atoms with van der Waals surface area (Å²) in [6.45, 7) is 1.91. The summed E-state index contributed by atoms with van der Waals surface area (Å²) >= 11 is 0. The first-order valence-corrected chi connectivity index (χ1v) is 7.55. The number of rotatable bonds is 2. The highest BCUT2D eigenvalue weighted by molar-refractivity contribution is 6.02. The summed E-state index contributed by atoms with van der Waals surface area (Å²) in [4.78, 5) is 18.3. The molecule has 3 aromatic rings. The molecule has 0 saturated carbocycles. The maximum Gasteiger partial charge on any atom is 0.139 e. The van der Waals surface area contributed by atoms with Gasteiger partial charge in [-0.05, 0) is 18.9 Å². The molecule has 6 heteroatoms. The molecule has 112 valence electrons. The lowest BCUT2D eigenvalue weighted by atomic mass is 10.0. The number of aromatic nitrogens is 4. The number of H-pyrrole nitrogens is 1. The minimum atomic E-state index is 0.236. The monoisotopic (exact) mass is 294 g/mol. The fraction of sp³-hybridized carbons (Fsp3) is 0.312. The average molecular weight is 294 g/mol. The molecule has 0 amide bonds. The summed E-state index contributed by atoms with van der Waals surface area (Å²) in [5, 5.41) is 1.12. The van der Waals surface area contributed by atoms with E-state index in [9.17, 15) is 0 Å². The highest BCUT2D eigenvalue weighted by atomic mass is 15.2. The highest BCUT2D eigenvalue weighted by Gasteiger charge is 2.21. The van der Waals surface area contributed by atoms with Gasteiger partial charge >= 0.3 is 0 Å². The van der Waals surface area contributed by atoms with Crippen LogP contribution in [0, 0.1) is 0 Å². The zero-order valence-electron chi connectivity index (χ0n) is 12.2. The molecular formula is C16H18N6. The molecule has 1 fully saturated rings. The third-order valence-electron chi connectivity index (χ3n) is 4.22. The molecule has 4 heterocycles. The number of piperidine rings is 1. The van der Waals surface area contributed by atoms with Gasteiger partial charge < -0.3 is 15.6 Å². The van der Waals surface area contributed by atoms with Gasteiger partial charge in [0.2, 0.25) is 0 Å². The molecule has 0 aromatic carbocycles. The van der Waals surface area contributed by atoms with Crippen LogP contribution in [0.2, 0.25) is 0 Å². The van der Waals surface area contributed by atoms with Gasteiger partial charge in [-0.15, -0.1) is 0 Å². The standard InChI is InChI=1S/C16H18N6/c17-12-2-1-5-22(9-12)14-3-4-20-16-15(14)13(8-21-16)11-6-18-10-19-7-11/h3-4,6-8,10,12H,1-2,5,9,17H2,(H,20,21). The zero-order valence-corrected chi connectivity index (χ0v) is 12.2. The predicted octanol–water partition coefficient (Wildman–Crippen LogP) is 1.95. The van der Waals surface area contributed by atoms with E-state index in [1.54, 1.807) is 6.33 Å². The predicted molar refractivity (Wildman–Crippen MR) is 86.5 cm³/mol. The molecule has 0 radical (unpaired) electrons. The van der Waals surface area contributed by atoms with Crippen molar-refractivity contribution in [2.45, 2.75) is 18.9 Å². The van der Waals surface area contributed by atoms with Crippen LogP contribution in [0.25, 0.3) is 22.2 Å². The molecule has 3 N–H and O–H groups in total. The maximum absolute atomic E-state index is 6.15. The maximum atomic E-state index is 6.15. The zero-order chi connectivity index (χ0) is 14.9. The quantitative estimate of drug-likeness (QED) is 0.754. The Kier molecular flexibility index (Phi) is 3.23. The smallest absolute Gasteiger partial charge is 0.139 e. The second kappa shape index (κ2) is 5.38. The van der Waals surface area contributed by atoms with Gasteiger partial charge in [0.1, 0.15) is 12.0 Å². The van der Waals surface area contributed by atoms with Crippen molar-refractivity contribution in [2.24, 2.45) is 5.73 Å². The fourth-order valence-electron chi connectivity index (χ4n) is 3.20. The summed E-state index contributed by atoms with van der Waals surface area (Å²) in [6, 6.07) is 2.31. The first kappa shape index (κ1) is 13.2. The molecule has 0 spiro atoms. The molecule has 3 aromatic heterocycles. The second-order valence-electron chi connectivity index (χ2n) is 5.73. The Morgan fingerprint density at radius 3 is 2.95 bits per heavy atom. The van der Waals surface area contributed by atoms with Crippen LogP contribution in [-0.4, -0.2) is 39.1 Å². The van der Waals surface area contributed by atoms with Crippen molar-refractivity contribution < 1.29 is 0 Å². The normalized spacial score (nSPS) is 18.8. The van der Waals surface area contributed by atoms with Gasteiger partial charge in [-0.25, -0.2) is 15.0 Å². The van der Waals surface area contributed by atoms with E-state index in [0.717, 1.165) is 48.1 Å². The van der Waals surface area contributed by atoms with Crippen LogP contribution < -0.4 is 10.6 Å². The number of pyridine rings is 1. The van der Waals surface area contributed by atoms with E-state index in [4.69, 9.17) is 5.73 Å². The lowest BCUT2D eigenvalue weighted by Crippen LogP contribution is -2.42.